The minimum atomic E-state index is -0.327. The molecule has 0 aliphatic carbocycles. The molecular weight excluding hydrogens is 258 g/mol. The molecule has 0 spiro atoms. The summed E-state index contributed by atoms with van der Waals surface area (Å²) in [5.74, 6) is 1.40. The highest BCUT2D eigenvalue weighted by Gasteiger charge is 2.34. The summed E-state index contributed by atoms with van der Waals surface area (Å²) in [6.07, 6.45) is 0.697. The summed E-state index contributed by atoms with van der Waals surface area (Å²) in [5, 5.41) is 2.98. The molecule has 1 aliphatic rings. The molecule has 0 saturated heterocycles. The Hall–Kier alpha value is -1.75. The van der Waals surface area contributed by atoms with Crippen molar-refractivity contribution in [1.82, 2.24) is 5.32 Å². The van der Waals surface area contributed by atoms with Gasteiger partial charge >= 0.3 is 0 Å². The summed E-state index contributed by atoms with van der Waals surface area (Å²) in [4.78, 5) is 11.8. The van der Waals surface area contributed by atoms with E-state index in [9.17, 15) is 4.79 Å². The maximum Gasteiger partial charge on any atom is 0.246 e. The first kappa shape index (κ1) is 14.7. The normalized spacial score (nSPS) is 19.7. The van der Waals surface area contributed by atoms with Crippen molar-refractivity contribution in [2.45, 2.75) is 31.9 Å². The number of ether oxygens (including phenoxy) is 3. The summed E-state index contributed by atoms with van der Waals surface area (Å²) < 4.78 is 16.1. The van der Waals surface area contributed by atoms with Crippen molar-refractivity contribution in [3.05, 3.63) is 23.8 Å². The molecule has 1 amide bonds. The molecule has 0 aromatic heterocycles. The third-order valence-electron chi connectivity index (χ3n) is 3.28. The van der Waals surface area contributed by atoms with E-state index in [0.717, 1.165) is 17.1 Å². The Bertz CT molecular complexity index is 499. The second kappa shape index (κ2) is 5.71. The van der Waals surface area contributed by atoms with E-state index in [2.05, 4.69) is 5.32 Å². The van der Waals surface area contributed by atoms with Gasteiger partial charge in [0.1, 0.15) is 23.7 Å². The molecule has 1 N–H and O–H groups in total. The van der Waals surface area contributed by atoms with Gasteiger partial charge in [-0.3, -0.25) is 4.79 Å². The van der Waals surface area contributed by atoms with Gasteiger partial charge in [0.05, 0.1) is 13.2 Å². The van der Waals surface area contributed by atoms with Crippen molar-refractivity contribution in [2.75, 3.05) is 20.8 Å². The van der Waals surface area contributed by atoms with Gasteiger partial charge in [-0.25, -0.2) is 0 Å². The third kappa shape index (κ3) is 3.22. The van der Waals surface area contributed by atoms with Crippen LogP contribution in [0.25, 0.3) is 0 Å². The zero-order valence-corrected chi connectivity index (χ0v) is 12.4. The van der Waals surface area contributed by atoms with Crippen LogP contribution in [-0.2, 0) is 9.53 Å². The van der Waals surface area contributed by atoms with Crippen LogP contribution in [0.3, 0.4) is 0 Å². The Labute approximate surface area is 119 Å². The molecule has 0 unspecified atom stereocenters. The van der Waals surface area contributed by atoms with Crippen LogP contribution in [0, 0.1) is 0 Å². The first-order valence-corrected chi connectivity index (χ1v) is 6.60. The maximum atomic E-state index is 11.8. The standard InChI is InChI=1S/C15H21NO4/c1-15(2)8-12(16-14(17)9-18-3)11-7-10(19-4)5-6-13(11)20-15/h5-7,12H,8-9H2,1-4H3,(H,16,17)/t12-/m1/s1. The molecule has 20 heavy (non-hydrogen) atoms. The highest BCUT2D eigenvalue weighted by molar-refractivity contribution is 5.78. The van der Waals surface area contributed by atoms with Gasteiger partial charge < -0.3 is 19.5 Å². The van der Waals surface area contributed by atoms with Crippen LogP contribution in [0.15, 0.2) is 18.2 Å². The molecule has 0 bridgehead atoms. The summed E-state index contributed by atoms with van der Waals surface area (Å²) in [6.45, 7) is 4.07. The van der Waals surface area contributed by atoms with Gasteiger partial charge in [-0.15, -0.1) is 0 Å². The van der Waals surface area contributed by atoms with Crippen molar-refractivity contribution in [3.8, 4) is 11.5 Å². The maximum absolute atomic E-state index is 11.8. The van der Waals surface area contributed by atoms with E-state index in [1.54, 1.807) is 7.11 Å². The van der Waals surface area contributed by atoms with Gasteiger partial charge in [0.2, 0.25) is 5.91 Å². The number of fused-ring (bicyclic) bond motifs is 1. The molecule has 5 heteroatoms. The van der Waals surface area contributed by atoms with E-state index >= 15 is 0 Å². The summed E-state index contributed by atoms with van der Waals surface area (Å²) >= 11 is 0. The van der Waals surface area contributed by atoms with E-state index < -0.39 is 0 Å². The lowest BCUT2D eigenvalue weighted by Gasteiger charge is -2.38. The molecule has 0 radical (unpaired) electrons. The van der Waals surface area contributed by atoms with Crippen LogP contribution in [0.5, 0.6) is 11.5 Å². The molecule has 0 fully saturated rings. The van der Waals surface area contributed by atoms with E-state index in [0.29, 0.717) is 6.42 Å². The Balaban J connectivity index is 2.29. The largest absolute Gasteiger partial charge is 0.497 e. The molecule has 1 aromatic rings. The SMILES string of the molecule is COCC(=O)N[C@@H]1CC(C)(C)Oc2ccc(OC)cc21. The number of hydrogen-bond donors (Lipinski definition) is 1. The first-order valence-electron chi connectivity index (χ1n) is 6.60. The van der Waals surface area contributed by atoms with Crippen molar-refractivity contribution >= 4 is 5.91 Å². The number of benzene rings is 1. The van der Waals surface area contributed by atoms with Crippen LogP contribution in [-0.4, -0.2) is 32.3 Å². The van der Waals surface area contributed by atoms with Gasteiger partial charge in [0.25, 0.3) is 0 Å². The number of amides is 1. The van der Waals surface area contributed by atoms with E-state index in [4.69, 9.17) is 14.2 Å². The minimum absolute atomic E-state index is 0.0527. The average molecular weight is 279 g/mol. The minimum Gasteiger partial charge on any atom is -0.497 e. The molecule has 1 heterocycles. The predicted molar refractivity (Wildman–Crippen MR) is 75.1 cm³/mol. The molecule has 1 aliphatic heterocycles. The quantitative estimate of drug-likeness (QED) is 0.916. The van der Waals surface area contributed by atoms with Crippen molar-refractivity contribution in [1.29, 1.82) is 0 Å². The number of rotatable bonds is 4. The van der Waals surface area contributed by atoms with E-state index in [1.807, 2.05) is 32.0 Å². The van der Waals surface area contributed by atoms with Crippen LogP contribution in [0.4, 0.5) is 0 Å². The molecule has 110 valence electrons. The lowest BCUT2D eigenvalue weighted by Crippen LogP contribution is -2.42. The Morgan fingerprint density at radius 2 is 2.20 bits per heavy atom. The topological polar surface area (TPSA) is 56.8 Å². The first-order chi connectivity index (χ1) is 9.45. The Kier molecular flexibility index (Phi) is 4.18. The molecule has 5 nitrogen and oxygen atoms in total. The van der Waals surface area contributed by atoms with Gasteiger partial charge in [0, 0.05) is 19.1 Å². The monoisotopic (exact) mass is 279 g/mol. The Morgan fingerprint density at radius 1 is 1.45 bits per heavy atom. The third-order valence-corrected chi connectivity index (χ3v) is 3.28. The lowest BCUT2D eigenvalue weighted by molar-refractivity contribution is -0.126. The smallest absolute Gasteiger partial charge is 0.246 e. The fourth-order valence-electron chi connectivity index (χ4n) is 2.46. The second-order valence-corrected chi connectivity index (χ2v) is 5.52. The average Bonchev–Trinajstić information content (AvgIpc) is 2.37. The highest BCUT2D eigenvalue weighted by atomic mass is 16.5. The van der Waals surface area contributed by atoms with Crippen LogP contribution in [0.2, 0.25) is 0 Å². The second-order valence-electron chi connectivity index (χ2n) is 5.52. The fraction of sp³-hybridized carbons (Fsp3) is 0.533. The van der Waals surface area contributed by atoms with Crippen LogP contribution >= 0.6 is 0 Å². The predicted octanol–water partition coefficient (Wildman–Crippen LogP) is 2.06. The lowest BCUT2D eigenvalue weighted by atomic mass is 9.89. The molecule has 0 saturated carbocycles. The number of nitrogens with one attached hydrogen (secondary N) is 1. The Morgan fingerprint density at radius 3 is 2.85 bits per heavy atom. The number of hydrogen-bond acceptors (Lipinski definition) is 4. The summed E-state index contributed by atoms with van der Waals surface area (Å²) in [5.41, 5.74) is 0.611. The fourth-order valence-corrected chi connectivity index (χ4v) is 2.46. The van der Waals surface area contributed by atoms with Crippen molar-refractivity contribution in [3.63, 3.8) is 0 Å². The van der Waals surface area contributed by atoms with Gasteiger partial charge in [0.15, 0.2) is 0 Å². The van der Waals surface area contributed by atoms with E-state index in [-0.39, 0.29) is 24.2 Å². The number of methoxy groups -OCH3 is 2. The molecular formula is C15H21NO4. The van der Waals surface area contributed by atoms with Crippen molar-refractivity contribution in [2.24, 2.45) is 0 Å². The van der Waals surface area contributed by atoms with Crippen LogP contribution < -0.4 is 14.8 Å². The zero-order chi connectivity index (χ0) is 14.8. The zero-order valence-electron chi connectivity index (χ0n) is 12.4. The van der Waals surface area contributed by atoms with Crippen LogP contribution in [0.1, 0.15) is 31.9 Å². The highest BCUT2D eigenvalue weighted by Crippen LogP contribution is 2.41. The summed E-state index contributed by atoms with van der Waals surface area (Å²) in [6, 6.07) is 5.53. The van der Waals surface area contributed by atoms with Gasteiger partial charge in [-0.1, -0.05) is 0 Å². The van der Waals surface area contributed by atoms with Gasteiger partial charge in [-0.2, -0.15) is 0 Å². The number of carbonyl (C=O) groups is 1. The number of carbonyl (C=O) groups excluding carboxylic acids is 1. The van der Waals surface area contributed by atoms with Gasteiger partial charge in [-0.05, 0) is 32.0 Å². The molecule has 1 aromatic carbocycles. The molecule has 2 rings (SSSR count). The van der Waals surface area contributed by atoms with E-state index in [1.165, 1.54) is 7.11 Å². The summed E-state index contributed by atoms with van der Waals surface area (Å²) in [7, 11) is 3.12. The molecule has 1 atom stereocenters. The van der Waals surface area contributed by atoms with Crippen molar-refractivity contribution < 1.29 is 19.0 Å².